The molecule has 0 saturated heterocycles. The first-order valence-corrected chi connectivity index (χ1v) is 7.32. The molecular weight excluding hydrogens is 256 g/mol. The van der Waals surface area contributed by atoms with Crippen LogP contribution in [0.2, 0.25) is 0 Å². The van der Waals surface area contributed by atoms with Gasteiger partial charge in [-0.15, -0.1) is 11.3 Å². The first-order valence-electron chi connectivity index (χ1n) is 4.96. The van der Waals surface area contributed by atoms with Gasteiger partial charge in [-0.2, -0.15) is 0 Å². The van der Waals surface area contributed by atoms with Gasteiger partial charge in [0.25, 0.3) is 10.0 Å². The molecule has 0 amide bonds. The Morgan fingerprint density at radius 1 is 1.06 bits per heavy atom. The number of hydrogen-bond acceptors (Lipinski definition) is 4. The Labute approximate surface area is 104 Å². The predicted octanol–water partition coefficient (Wildman–Crippen LogP) is 2.59. The average Bonchev–Trinajstić information content (AvgIpc) is 2.84. The van der Waals surface area contributed by atoms with Gasteiger partial charge in [0.15, 0.2) is 0 Å². The number of rotatable bonds is 4. The van der Waals surface area contributed by atoms with Crippen LogP contribution < -0.4 is 10.0 Å². The molecule has 4 nitrogen and oxygen atoms in total. The van der Waals surface area contributed by atoms with E-state index in [1.165, 1.54) is 11.3 Å². The summed E-state index contributed by atoms with van der Waals surface area (Å²) in [4.78, 5) is 0. The third kappa shape index (κ3) is 2.78. The molecule has 0 fully saturated rings. The first-order chi connectivity index (χ1) is 8.12. The van der Waals surface area contributed by atoms with Crippen molar-refractivity contribution in [2.75, 3.05) is 17.1 Å². The minimum absolute atomic E-state index is 0.315. The monoisotopic (exact) mass is 268 g/mol. The third-order valence-electron chi connectivity index (χ3n) is 2.19. The van der Waals surface area contributed by atoms with Gasteiger partial charge in [-0.3, -0.25) is 4.72 Å². The molecule has 6 heteroatoms. The minimum Gasteiger partial charge on any atom is -0.388 e. The van der Waals surface area contributed by atoms with Gasteiger partial charge in [-0.1, -0.05) is 6.07 Å². The van der Waals surface area contributed by atoms with Gasteiger partial charge in [0.2, 0.25) is 0 Å². The zero-order chi connectivity index (χ0) is 12.3. The highest BCUT2D eigenvalue weighted by Gasteiger charge is 2.14. The van der Waals surface area contributed by atoms with E-state index in [9.17, 15) is 8.42 Å². The fourth-order valence-electron chi connectivity index (χ4n) is 1.33. The smallest absolute Gasteiger partial charge is 0.271 e. The Morgan fingerprint density at radius 3 is 2.24 bits per heavy atom. The van der Waals surface area contributed by atoms with Crippen molar-refractivity contribution < 1.29 is 8.42 Å². The van der Waals surface area contributed by atoms with Crippen LogP contribution in [-0.2, 0) is 10.0 Å². The van der Waals surface area contributed by atoms with Crippen molar-refractivity contribution in [3.63, 3.8) is 0 Å². The van der Waals surface area contributed by atoms with Crippen molar-refractivity contribution >= 4 is 32.7 Å². The Kier molecular flexibility index (Phi) is 3.35. The molecule has 0 atom stereocenters. The van der Waals surface area contributed by atoms with Crippen molar-refractivity contribution in [1.29, 1.82) is 0 Å². The lowest BCUT2D eigenvalue weighted by Gasteiger charge is -2.07. The standard InChI is InChI=1S/C11H12N2O2S2/c1-12-9-4-6-10(7-5-9)13-17(14,15)11-3-2-8-16-11/h2-8,12-13H,1H3. The number of thiophene rings is 1. The van der Waals surface area contributed by atoms with E-state index in [1.54, 1.807) is 29.6 Å². The lowest BCUT2D eigenvalue weighted by atomic mass is 10.3. The fourth-order valence-corrected chi connectivity index (χ4v) is 3.38. The molecule has 1 heterocycles. The van der Waals surface area contributed by atoms with Crippen LogP contribution in [0.15, 0.2) is 46.0 Å². The van der Waals surface area contributed by atoms with Gasteiger partial charge in [0, 0.05) is 18.4 Å². The highest BCUT2D eigenvalue weighted by molar-refractivity contribution is 7.94. The summed E-state index contributed by atoms with van der Waals surface area (Å²) >= 11 is 1.19. The topological polar surface area (TPSA) is 58.2 Å². The summed E-state index contributed by atoms with van der Waals surface area (Å²) in [7, 11) is -1.63. The molecule has 0 spiro atoms. The van der Waals surface area contributed by atoms with Crippen LogP contribution in [0.1, 0.15) is 0 Å². The summed E-state index contributed by atoms with van der Waals surface area (Å²) < 4.78 is 26.6. The van der Waals surface area contributed by atoms with Crippen molar-refractivity contribution in [2.24, 2.45) is 0 Å². The minimum atomic E-state index is -3.44. The molecule has 0 aliphatic heterocycles. The fraction of sp³-hybridized carbons (Fsp3) is 0.0909. The van der Waals surface area contributed by atoms with Crippen LogP contribution in [0, 0.1) is 0 Å². The lowest BCUT2D eigenvalue weighted by Crippen LogP contribution is -2.11. The second kappa shape index (κ2) is 4.77. The maximum Gasteiger partial charge on any atom is 0.271 e. The van der Waals surface area contributed by atoms with Crippen molar-refractivity contribution in [3.8, 4) is 0 Å². The molecule has 2 aromatic rings. The zero-order valence-electron chi connectivity index (χ0n) is 9.17. The van der Waals surface area contributed by atoms with Crippen LogP contribution in [-0.4, -0.2) is 15.5 Å². The summed E-state index contributed by atoms with van der Waals surface area (Å²) in [6.07, 6.45) is 0. The number of sulfonamides is 1. The molecule has 0 bridgehead atoms. The summed E-state index contributed by atoms with van der Waals surface area (Å²) in [6, 6.07) is 10.4. The van der Waals surface area contributed by atoms with Crippen LogP contribution in [0.5, 0.6) is 0 Å². The van der Waals surface area contributed by atoms with Gasteiger partial charge >= 0.3 is 0 Å². The molecule has 0 unspecified atom stereocenters. The number of nitrogens with one attached hydrogen (secondary N) is 2. The summed E-state index contributed by atoms with van der Waals surface area (Å²) in [5, 5.41) is 4.70. The third-order valence-corrected chi connectivity index (χ3v) is 4.96. The van der Waals surface area contributed by atoms with Crippen LogP contribution in [0.25, 0.3) is 0 Å². The molecule has 2 rings (SSSR count). The number of benzene rings is 1. The van der Waals surface area contributed by atoms with Gasteiger partial charge in [0.05, 0.1) is 0 Å². The average molecular weight is 268 g/mol. The van der Waals surface area contributed by atoms with E-state index in [0.717, 1.165) is 5.69 Å². The molecule has 0 aliphatic carbocycles. The van der Waals surface area contributed by atoms with E-state index in [-0.39, 0.29) is 0 Å². The maximum absolute atomic E-state index is 11.9. The molecule has 1 aromatic heterocycles. The van der Waals surface area contributed by atoms with E-state index in [4.69, 9.17) is 0 Å². The highest BCUT2D eigenvalue weighted by Crippen LogP contribution is 2.21. The van der Waals surface area contributed by atoms with Gasteiger partial charge in [-0.25, -0.2) is 8.42 Å². The molecule has 2 N–H and O–H groups in total. The molecular formula is C11H12N2O2S2. The molecule has 17 heavy (non-hydrogen) atoms. The Bertz CT molecular complexity index is 574. The second-order valence-corrected chi connectivity index (χ2v) is 6.22. The van der Waals surface area contributed by atoms with Crippen LogP contribution in [0.3, 0.4) is 0 Å². The quantitative estimate of drug-likeness (QED) is 0.896. The normalized spacial score (nSPS) is 11.1. The Balaban J connectivity index is 2.21. The predicted molar refractivity (Wildman–Crippen MR) is 71.1 cm³/mol. The summed E-state index contributed by atoms with van der Waals surface area (Å²) in [5.41, 5.74) is 1.49. The Hall–Kier alpha value is -1.53. The Morgan fingerprint density at radius 2 is 1.71 bits per heavy atom. The SMILES string of the molecule is CNc1ccc(NS(=O)(=O)c2cccs2)cc1. The van der Waals surface area contributed by atoms with E-state index in [2.05, 4.69) is 10.0 Å². The molecule has 90 valence electrons. The van der Waals surface area contributed by atoms with Crippen molar-refractivity contribution in [3.05, 3.63) is 41.8 Å². The van der Waals surface area contributed by atoms with E-state index < -0.39 is 10.0 Å². The number of hydrogen-bond donors (Lipinski definition) is 2. The highest BCUT2D eigenvalue weighted by atomic mass is 32.2. The largest absolute Gasteiger partial charge is 0.388 e. The van der Waals surface area contributed by atoms with Crippen LogP contribution >= 0.6 is 11.3 Å². The molecule has 0 radical (unpaired) electrons. The maximum atomic E-state index is 11.9. The number of anilines is 2. The van der Waals surface area contributed by atoms with E-state index >= 15 is 0 Å². The van der Waals surface area contributed by atoms with E-state index in [0.29, 0.717) is 9.90 Å². The van der Waals surface area contributed by atoms with Gasteiger partial charge in [0.1, 0.15) is 4.21 Å². The van der Waals surface area contributed by atoms with Crippen LogP contribution in [0.4, 0.5) is 11.4 Å². The summed E-state index contributed by atoms with van der Waals surface area (Å²) in [5.74, 6) is 0. The molecule has 0 saturated carbocycles. The second-order valence-electron chi connectivity index (χ2n) is 3.36. The van der Waals surface area contributed by atoms with Crippen molar-refractivity contribution in [1.82, 2.24) is 0 Å². The van der Waals surface area contributed by atoms with Gasteiger partial charge < -0.3 is 5.32 Å². The van der Waals surface area contributed by atoms with E-state index in [1.807, 2.05) is 19.2 Å². The first kappa shape index (κ1) is 11.9. The van der Waals surface area contributed by atoms with Gasteiger partial charge in [-0.05, 0) is 35.7 Å². The molecule has 1 aromatic carbocycles. The van der Waals surface area contributed by atoms with Crippen molar-refractivity contribution in [2.45, 2.75) is 4.21 Å². The zero-order valence-corrected chi connectivity index (χ0v) is 10.8. The summed E-state index contributed by atoms with van der Waals surface area (Å²) in [6.45, 7) is 0. The lowest BCUT2D eigenvalue weighted by molar-refractivity contribution is 0.603. The molecule has 0 aliphatic rings.